The molecule has 5 heteroatoms. The molecule has 2 atom stereocenters. The van der Waals surface area contributed by atoms with E-state index in [9.17, 15) is 4.79 Å². The van der Waals surface area contributed by atoms with Gasteiger partial charge in [-0.05, 0) is 13.5 Å². The molecule has 0 aromatic carbocycles. The average Bonchev–Trinajstić information content (AvgIpc) is 2.11. The van der Waals surface area contributed by atoms with Crippen LogP contribution < -0.4 is 0 Å². The van der Waals surface area contributed by atoms with Gasteiger partial charge in [0.1, 0.15) is 6.04 Å². The van der Waals surface area contributed by atoms with Crippen LogP contribution in [0.1, 0.15) is 6.42 Å². The van der Waals surface area contributed by atoms with Gasteiger partial charge in [0.15, 0.2) is 0 Å². The van der Waals surface area contributed by atoms with Crippen LogP contribution in [0.3, 0.4) is 0 Å². The number of likely N-dealkylation sites (tertiary alicyclic amines) is 1. The van der Waals surface area contributed by atoms with Crippen LogP contribution in [-0.2, 0) is 4.79 Å². The zero-order valence-corrected chi connectivity index (χ0v) is 7.04. The molecule has 1 saturated heterocycles. The Morgan fingerprint density at radius 1 is 1.64 bits per heavy atom. The van der Waals surface area contributed by atoms with Gasteiger partial charge in [-0.3, -0.25) is 9.69 Å². The van der Waals surface area contributed by atoms with Gasteiger partial charge in [-0.15, -0.1) is 12.4 Å². The number of nitrogens with zero attached hydrogens (tertiary/aromatic N) is 1. The number of hydrogen-bond donors (Lipinski definition) is 2. The Balaban J connectivity index is 0.000001000. The Hall–Kier alpha value is -0.320. The SMILES string of the molecule is CN1CC[C@H](O)[C@H]1C(=O)O.Cl. The second-order valence-electron chi connectivity index (χ2n) is 2.62. The van der Waals surface area contributed by atoms with E-state index in [4.69, 9.17) is 10.2 Å². The first-order valence-corrected chi connectivity index (χ1v) is 3.24. The lowest BCUT2D eigenvalue weighted by Crippen LogP contribution is -2.39. The van der Waals surface area contributed by atoms with Gasteiger partial charge in [-0.25, -0.2) is 0 Å². The molecule has 0 saturated carbocycles. The topological polar surface area (TPSA) is 60.8 Å². The summed E-state index contributed by atoms with van der Waals surface area (Å²) in [5, 5.41) is 17.7. The highest BCUT2D eigenvalue weighted by Crippen LogP contribution is 2.15. The monoisotopic (exact) mass is 181 g/mol. The number of aliphatic carboxylic acids is 1. The van der Waals surface area contributed by atoms with E-state index in [1.54, 1.807) is 11.9 Å². The van der Waals surface area contributed by atoms with E-state index in [0.717, 1.165) is 0 Å². The fourth-order valence-electron chi connectivity index (χ4n) is 1.28. The predicted octanol–water partition coefficient (Wildman–Crippen LogP) is -0.442. The number of aliphatic hydroxyl groups excluding tert-OH is 1. The summed E-state index contributed by atoms with van der Waals surface area (Å²) in [5.41, 5.74) is 0. The molecule has 1 heterocycles. The van der Waals surface area contributed by atoms with Crippen molar-refractivity contribution in [3.63, 3.8) is 0 Å². The molecule has 0 aromatic rings. The van der Waals surface area contributed by atoms with Crippen LogP contribution in [0.15, 0.2) is 0 Å². The van der Waals surface area contributed by atoms with E-state index in [1.165, 1.54) is 0 Å². The first-order valence-electron chi connectivity index (χ1n) is 3.24. The third-order valence-corrected chi connectivity index (χ3v) is 1.87. The summed E-state index contributed by atoms with van der Waals surface area (Å²) in [6, 6.07) is -0.694. The van der Waals surface area contributed by atoms with Gasteiger partial charge in [-0.1, -0.05) is 0 Å². The third kappa shape index (κ3) is 2.05. The lowest BCUT2D eigenvalue weighted by Gasteiger charge is -2.16. The average molecular weight is 182 g/mol. The molecule has 1 aliphatic heterocycles. The molecule has 66 valence electrons. The van der Waals surface area contributed by atoms with E-state index in [-0.39, 0.29) is 12.4 Å². The van der Waals surface area contributed by atoms with Crippen LogP contribution in [0, 0.1) is 0 Å². The highest BCUT2D eigenvalue weighted by Gasteiger charge is 2.35. The molecule has 0 amide bonds. The number of hydrogen-bond acceptors (Lipinski definition) is 3. The van der Waals surface area contributed by atoms with Crippen molar-refractivity contribution in [2.24, 2.45) is 0 Å². The van der Waals surface area contributed by atoms with E-state index in [1.807, 2.05) is 0 Å². The maximum atomic E-state index is 10.4. The Bertz CT molecular complexity index is 143. The lowest BCUT2D eigenvalue weighted by molar-refractivity contribution is -0.144. The zero-order chi connectivity index (χ0) is 7.72. The maximum Gasteiger partial charge on any atom is 0.323 e. The molecule has 4 nitrogen and oxygen atoms in total. The summed E-state index contributed by atoms with van der Waals surface area (Å²) < 4.78 is 0. The molecule has 0 aromatic heterocycles. The molecule has 0 spiro atoms. The van der Waals surface area contributed by atoms with Gasteiger partial charge < -0.3 is 10.2 Å². The molecule has 1 aliphatic rings. The minimum atomic E-state index is -0.937. The Labute approximate surface area is 71.2 Å². The summed E-state index contributed by atoms with van der Waals surface area (Å²) in [4.78, 5) is 12.1. The maximum absolute atomic E-state index is 10.4. The normalized spacial score (nSPS) is 31.5. The van der Waals surface area contributed by atoms with Crippen molar-refractivity contribution in [1.29, 1.82) is 0 Å². The molecule has 2 N–H and O–H groups in total. The fourth-order valence-corrected chi connectivity index (χ4v) is 1.28. The van der Waals surface area contributed by atoms with Crippen LogP contribution in [-0.4, -0.2) is 46.8 Å². The molecule has 0 bridgehead atoms. The van der Waals surface area contributed by atoms with Crippen molar-refractivity contribution in [3.05, 3.63) is 0 Å². The Morgan fingerprint density at radius 2 is 2.18 bits per heavy atom. The summed E-state index contributed by atoms with van der Waals surface area (Å²) in [7, 11) is 1.70. The van der Waals surface area contributed by atoms with Gasteiger partial charge in [0.05, 0.1) is 6.10 Å². The van der Waals surface area contributed by atoms with Crippen LogP contribution in [0.25, 0.3) is 0 Å². The second-order valence-corrected chi connectivity index (χ2v) is 2.62. The van der Waals surface area contributed by atoms with E-state index in [2.05, 4.69) is 0 Å². The number of rotatable bonds is 1. The van der Waals surface area contributed by atoms with E-state index >= 15 is 0 Å². The van der Waals surface area contributed by atoms with Crippen molar-refractivity contribution in [2.75, 3.05) is 13.6 Å². The quantitative estimate of drug-likeness (QED) is 0.576. The van der Waals surface area contributed by atoms with Crippen molar-refractivity contribution >= 4 is 18.4 Å². The molecule has 0 unspecified atom stereocenters. The number of halogens is 1. The predicted molar refractivity (Wildman–Crippen MR) is 41.9 cm³/mol. The van der Waals surface area contributed by atoms with Gasteiger partial charge in [0.2, 0.25) is 0 Å². The van der Waals surface area contributed by atoms with Crippen LogP contribution >= 0.6 is 12.4 Å². The first kappa shape index (κ1) is 10.7. The summed E-state index contributed by atoms with van der Waals surface area (Å²) >= 11 is 0. The smallest absolute Gasteiger partial charge is 0.323 e. The molecule has 11 heavy (non-hydrogen) atoms. The van der Waals surface area contributed by atoms with Crippen molar-refractivity contribution in [2.45, 2.75) is 18.6 Å². The molecular formula is C6H12ClNO3. The Kier molecular flexibility index (Phi) is 3.78. The van der Waals surface area contributed by atoms with E-state index < -0.39 is 18.1 Å². The summed E-state index contributed by atoms with van der Waals surface area (Å²) in [5.74, 6) is -0.937. The van der Waals surface area contributed by atoms with Crippen molar-refractivity contribution in [3.8, 4) is 0 Å². The number of likely N-dealkylation sites (N-methyl/N-ethyl adjacent to an activating group) is 1. The minimum Gasteiger partial charge on any atom is -0.480 e. The standard InChI is InChI=1S/C6H11NO3.ClH/c1-7-3-2-4(8)5(7)6(9)10;/h4-5,8H,2-3H2,1H3,(H,9,10);1H/t4-,5-;/m0./s1. The lowest BCUT2D eigenvalue weighted by atomic mass is 10.2. The van der Waals surface area contributed by atoms with Crippen LogP contribution in [0.5, 0.6) is 0 Å². The molecule has 0 radical (unpaired) electrons. The van der Waals surface area contributed by atoms with Gasteiger partial charge in [0, 0.05) is 6.54 Å². The van der Waals surface area contributed by atoms with Gasteiger partial charge in [-0.2, -0.15) is 0 Å². The van der Waals surface area contributed by atoms with Crippen molar-refractivity contribution in [1.82, 2.24) is 4.90 Å². The minimum absolute atomic E-state index is 0. The summed E-state index contributed by atoms with van der Waals surface area (Å²) in [6.07, 6.45) is -0.129. The highest BCUT2D eigenvalue weighted by atomic mass is 35.5. The number of aliphatic hydroxyl groups is 1. The largest absolute Gasteiger partial charge is 0.480 e. The summed E-state index contributed by atoms with van der Waals surface area (Å²) in [6.45, 7) is 0.665. The van der Waals surface area contributed by atoms with Crippen LogP contribution in [0.4, 0.5) is 0 Å². The van der Waals surface area contributed by atoms with Crippen molar-refractivity contribution < 1.29 is 15.0 Å². The van der Waals surface area contributed by atoms with Gasteiger partial charge >= 0.3 is 5.97 Å². The molecule has 1 fully saturated rings. The second kappa shape index (κ2) is 3.90. The van der Waals surface area contributed by atoms with Gasteiger partial charge in [0.25, 0.3) is 0 Å². The first-order chi connectivity index (χ1) is 4.63. The molecule has 1 rings (SSSR count). The van der Waals surface area contributed by atoms with Crippen LogP contribution in [0.2, 0.25) is 0 Å². The molecule has 0 aliphatic carbocycles. The molecular weight excluding hydrogens is 170 g/mol. The highest BCUT2D eigenvalue weighted by molar-refractivity contribution is 5.85. The Morgan fingerprint density at radius 3 is 2.36 bits per heavy atom. The number of carboxylic acids is 1. The van der Waals surface area contributed by atoms with E-state index in [0.29, 0.717) is 13.0 Å². The number of carboxylic acid groups (broad SMARTS) is 1. The zero-order valence-electron chi connectivity index (χ0n) is 6.23. The fraction of sp³-hybridized carbons (Fsp3) is 0.833. The number of carbonyl (C=O) groups is 1. The third-order valence-electron chi connectivity index (χ3n) is 1.87.